The van der Waals surface area contributed by atoms with Crippen LogP contribution in [0, 0.1) is 38.5 Å². The number of hydrazine groups is 1. The Morgan fingerprint density at radius 3 is 1.42 bits per heavy atom. The highest BCUT2D eigenvalue weighted by Crippen LogP contribution is 2.28. The quantitative estimate of drug-likeness (QED) is 0.0334. The number of alkyl halides is 2. The summed E-state index contributed by atoms with van der Waals surface area (Å²) in [5, 5.41) is 24.3. The molecule has 0 aromatic heterocycles. The molecule has 0 aliphatic carbocycles. The molecule has 2 aliphatic rings. The van der Waals surface area contributed by atoms with Gasteiger partial charge in [0.2, 0.25) is 0 Å². The van der Waals surface area contributed by atoms with Crippen molar-refractivity contribution < 1.29 is 38.5 Å². The van der Waals surface area contributed by atoms with E-state index in [1.165, 1.54) is 24.6 Å². The summed E-state index contributed by atoms with van der Waals surface area (Å²) < 4.78 is 10.4. The van der Waals surface area contributed by atoms with Crippen LogP contribution in [0.2, 0.25) is 0 Å². The van der Waals surface area contributed by atoms with Crippen LogP contribution in [0.1, 0.15) is 164 Å². The number of nitrogens with one attached hydrogen (secondary N) is 2. The van der Waals surface area contributed by atoms with Crippen molar-refractivity contribution in [3.8, 4) is 0 Å². The van der Waals surface area contributed by atoms with E-state index in [2.05, 4.69) is 84.9 Å². The summed E-state index contributed by atoms with van der Waals surface area (Å²) in [4.78, 5) is 52.1. The summed E-state index contributed by atoms with van der Waals surface area (Å²) in [6.45, 7) is 35.7. The number of hydrogen-bond donors (Lipinski definition) is 4. The Labute approximate surface area is 452 Å². The number of benzene rings is 4. The number of amides is 2. The van der Waals surface area contributed by atoms with Crippen molar-refractivity contribution in [3.05, 3.63) is 128 Å². The lowest BCUT2D eigenvalue weighted by molar-refractivity contribution is 0.0285. The molecule has 2 heterocycles. The topological polar surface area (TPSA) is 158 Å². The zero-order chi connectivity index (χ0) is 55.4. The van der Waals surface area contributed by atoms with Crippen molar-refractivity contribution in [1.82, 2.24) is 20.7 Å². The molecule has 2 aliphatic heterocycles. The van der Waals surface area contributed by atoms with Gasteiger partial charge in [-0.25, -0.2) is 5.01 Å². The first-order chi connectivity index (χ1) is 34.2. The van der Waals surface area contributed by atoms with Crippen LogP contribution in [0.3, 0.4) is 0 Å². The van der Waals surface area contributed by atoms with Crippen LogP contribution in [0.15, 0.2) is 72.8 Å². The summed E-state index contributed by atoms with van der Waals surface area (Å²) in [6, 6.07) is 21.8. The minimum atomic E-state index is -1.03. The molecular weight excluding hydrogens is 985 g/mol. The van der Waals surface area contributed by atoms with Crippen LogP contribution >= 0.6 is 34.8 Å². The van der Waals surface area contributed by atoms with E-state index >= 15 is 0 Å². The fourth-order valence-electron chi connectivity index (χ4n) is 8.75. The van der Waals surface area contributed by atoms with Gasteiger partial charge >= 0.3 is 14.2 Å². The Kier molecular flexibility index (Phi) is 27.7. The number of fused-ring (bicyclic) bond motifs is 2. The normalized spacial score (nSPS) is 13.3. The highest BCUT2D eigenvalue weighted by atomic mass is 35.5. The van der Waals surface area contributed by atoms with Crippen LogP contribution in [-0.4, -0.2) is 101 Å². The standard InChI is InChI=1S/C24H31BN2O4.C16H24BNO3.C9H9ClO.C6H15N.CH2Cl2/c1-7-21(24(4,5)6)27(23(29)19-11-15(2)10-16(3)12-19)26-22(28)17-8-9-18-14-31-25(30)20(18)13-17;1-5-15(16(2,3)4)18-9-14(19)11-6-7-12-10-21-17(20)13(12)8-11;1-6-3-7(2)5-8(4-6)9(10)11;1-4-7(5-2)6-3;2-1-3/h8-13,21,30H,7,14H2,1-6H3,(H,26,28);6-8,15,18,20H,5,9-10H2,1-4H3;3-5H,1-2H3;4-6H2,1-3H3;1H2. The number of nitrogens with zero attached hydrogens (tertiary/aromatic N) is 2. The number of carbonyl (C=O) groups is 4. The zero-order valence-electron chi connectivity index (χ0n) is 46.0. The molecule has 2 atom stereocenters. The molecule has 17 heteroatoms. The lowest BCUT2D eigenvalue weighted by Crippen LogP contribution is -2.56. The average molecular weight is 1070 g/mol. The Morgan fingerprint density at radius 2 is 1.05 bits per heavy atom. The van der Waals surface area contributed by atoms with E-state index in [-0.39, 0.29) is 33.9 Å². The van der Waals surface area contributed by atoms with Gasteiger partial charge in [0, 0.05) is 28.3 Å². The van der Waals surface area contributed by atoms with Crippen molar-refractivity contribution >= 4 is 82.8 Å². The Morgan fingerprint density at radius 1 is 0.630 bits per heavy atom. The van der Waals surface area contributed by atoms with Crippen LogP contribution in [0.25, 0.3) is 0 Å². The Bertz CT molecular complexity index is 2380. The molecule has 0 bridgehead atoms. The van der Waals surface area contributed by atoms with Gasteiger partial charge in [-0.15, -0.1) is 23.2 Å². The number of aryl methyl sites for hydroxylation is 4. The average Bonchev–Trinajstić information content (AvgIpc) is 3.89. The zero-order valence-corrected chi connectivity index (χ0v) is 48.2. The molecule has 0 radical (unpaired) electrons. The maximum atomic E-state index is 13.6. The maximum absolute atomic E-state index is 13.6. The molecule has 0 spiro atoms. The molecule has 0 saturated heterocycles. The summed E-state index contributed by atoms with van der Waals surface area (Å²) in [6.07, 6.45) is 1.66. The number of Topliss-reactive ketones (excluding diaryl/α,β-unsaturated/α-hetero) is 1. The molecule has 4 N–H and O–H groups in total. The fraction of sp³-hybridized carbons (Fsp3) is 0.500. The molecule has 4 aromatic rings. The van der Waals surface area contributed by atoms with Gasteiger partial charge in [0.25, 0.3) is 17.1 Å². The SMILES string of the molecule is CCC(N(NC(=O)c1ccc2c(c1)B(O)OC2)C(=O)c1cc(C)cc(C)c1)C(C)(C)C.CCC(NCC(=O)c1ccc2c(c1)B(O)OC2)C(C)(C)C.CCN(CC)CC.Cc1cc(C)cc(C(=O)Cl)c1.ClCCl. The Hall–Kier alpha value is -4.08. The molecule has 2 unspecified atom stereocenters. The number of rotatable bonds is 13. The molecule has 4 aromatic carbocycles. The number of carbonyl (C=O) groups excluding carboxylic acids is 4. The first-order valence-corrected chi connectivity index (χ1v) is 26.6. The van der Waals surface area contributed by atoms with Crippen LogP contribution in [0.5, 0.6) is 0 Å². The predicted molar refractivity (Wildman–Crippen MR) is 303 cm³/mol. The van der Waals surface area contributed by atoms with Gasteiger partial charge in [-0.3, -0.25) is 24.6 Å². The van der Waals surface area contributed by atoms with Gasteiger partial charge < -0.3 is 29.6 Å². The second-order valence-electron chi connectivity index (χ2n) is 20.4. The van der Waals surface area contributed by atoms with Gasteiger partial charge in [0.15, 0.2) is 5.78 Å². The van der Waals surface area contributed by atoms with E-state index in [1.54, 1.807) is 36.4 Å². The number of halogens is 3. The minimum absolute atomic E-state index is 0.0413. The van der Waals surface area contributed by atoms with Crippen molar-refractivity contribution in [3.63, 3.8) is 0 Å². The largest absolute Gasteiger partial charge is 0.491 e. The van der Waals surface area contributed by atoms with E-state index < -0.39 is 25.4 Å². The molecule has 400 valence electrons. The third-order valence-corrected chi connectivity index (χ3v) is 12.8. The molecular formula is C56H81B2Cl3N4O8. The van der Waals surface area contributed by atoms with E-state index in [0.29, 0.717) is 65.4 Å². The van der Waals surface area contributed by atoms with Gasteiger partial charge in [-0.1, -0.05) is 135 Å². The Balaban J connectivity index is 0.000000371. The second kappa shape index (κ2) is 31.1. The second-order valence-corrected chi connectivity index (χ2v) is 21.6. The first kappa shape index (κ1) is 65.0. The summed E-state index contributed by atoms with van der Waals surface area (Å²) in [5.74, 6) is -0.603. The summed E-state index contributed by atoms with van der Waals surface area (Å²) in [5.41, 5.74) is 12.0. The van der Waals surface area contributed by atoms with E-state index in [0.717, 1.165) is 39.8 Å². The highest BCUT2D eigenvalue weighted by Gasteiger charge is 2.35. The fourth-order valence-corrected chi connectivity index (χ4v) is 8.86. The van der Waals surface area contributed by atoms with Gasteiger partial charge in [-0.05, 0) is 141 Å². The van der Waals surface area contributed by atoms with E-state index in [9.17, 15) is 29.2 Å². The van der Waals surface area contributed by atoms with Crippen molar-refractivity contribution in [2.24, 2.45) is 10.8 Å². The van der Waals surface area contributed by atoms with Crippen LogP contribution < -0.4 is 21.7 Å². The molecule has 2 amide bonds. The first-order valence-electron chi connectivity index (χ1n) is 25.2. The molecule has 0 fully saturated rings. The maximum Gasteiger partial charge on any atom is 0.491 e. The number of ketones is 1. The third kappa shape index (κ3) is 20.9. The van der Waals surface area contributed by atoms with Crippen LogP contribution in [-0.2, 0) is 22.5 Å². The highest BCUT2D eigenvalue weighted by molar-refractivity contribution is 6.67. The molecule has 0 saturated carbocycles. The lowest BCUT2D eigenvalue weighted by atomic mass is 9.78. The smallest absolute Gasteiger partial charge is 0.423 e. The van der Waals surface area contributed by atoms with Crippen molar-refractivity contribution in [1.29, 1.82) is 0 Å². The van der Waals surface area contributed by atoms with E-state index in [4.69, 9.17) is 44.1 Å². The summed E-state index contributed by atoms with van der Waals surface area (Å²) >= 11 is 14.8. The van der Waals surface area contributed by atoms with E-state index in [1.807, 2.05) is 71.0 Å². The lowest BCUT2D eigenvalue weighted by Gasteiger charge is -2.39. The van der Waals surface area contributed by atoms with Gasteiger partial charge in [-0.2, -0.15) is 0 Å². The van der Waals surface area contributed by atoms with Gasteiger partial charge in [0.05, 0.1) is 31.1 Å². The molecule has 73 heavy (non-hydrogen) atoms. The summed E-state index contributed by atoms with van der Waals surface area (Å²) in [7, 11) is -1.94. The third-order valence-electron chi connectivity index (χ3n) is 12.6. The van der Waals surface area contributed by atoms with Crippen molar-refractivity contribution in [2.75, 3.05) is 31.5 Å². The molecule has 6 rings (SSSR count). The van der Waals surface area contributed by atoms with Gasteiger partial charge in [0.1, 0.15) is 0 Å². The number of hydrogen-bond acceptors (Lipinski definition) is 10. The minimum Gasteiger partial charge on any atom is -0.423 e. The van der Waals surface area contributed by atoms with Crippen molar-refractivity contribution in [2.45, 2.75) is 142 Å². The van der Waals surface area contributed by atoms with Crippen LogP contribution in [0.4, 0.5) is 0 Å². The monoisotopic (exact) mass is 1060 g/mol. The predicted octanol–water partition coefficient (Wildman–Crippen LogP) is 10.1. The molecule has 12 nitrogen and oxygen atoms in total.